The first-order valence-corrected chi connectivity index (χ1v) is 8.93. The van der Waals surface area contributed by atoms with Gasteiger partial charge in [0.2, 0.25) is 0 Å². The van der Waals surface area contributed by atoms with Crippen molar-refractivity contribution in [2.75, 3.05) is 13.1 Å². The molecule has 1 unspecified atom stereocenters. The lowest BCUT2D eigenvalue weighted by Gasteiger charge is -2.29. The molecule has 0 aliphatic carbocycles. The fourth-order valence-corrected chi connectivity index (χ4v) is 3.81. The molecule has 0 saturated carbocycles. The van der Waals surface area contributed by atoms with Crippen molar-refractivity contribution in [1.82, 2.24) is 9.97 Å². The van der Waals surface area contributed by atoms with Gasteiger partial charge in [0.25, 0.3) is 0 Å². The number of rotatable bonds is 3. The SMILES string of the molecule is FC(F)(F)c1ccc(C[NH+]2CCC[C@H](c3nc4ccccc4[nH]3)C2)cc1. The van der Waals surface area contributed by atoms with Crippen LogP contribution in [0.2, 0.25) is 0 Å². The number of aromatic amines is 1. The highest BCUT2D eigenvalue weighted by Gasteiger charge is 2.30. The van der Waals surface area contributed by atoms with Gasteiger partial charge in [-0.2, -0.15) is 13.2 Å². The van der Waals surface area contributed by atoms with Gasteiger partial charge in [0, 0.05) is 5.56 Å². The van der Waals surface area contributed by atoms with Crippen LogP contribution < -0.4 is 4.90 Å². The van der Waals surface area contributed by atoms with Crippen LogP contribution in [0.1, 0.15) is 35.7 Å². The first kappa shape index (κ1) is 17.1. The molecule has 3 nitrogen and oxygen atoms in total. The number of para-hydroxylation sites is 2. The van der Waals surface area contributed by atoms with Gasteiger partial charge in [-0.3, -0.25) is 0 Å². The first-order valence-electron chi connectivity index (χ1n) is 8.93. The summed E-state index contributed by atoms with van der Waals surface area (Å²) >= 11 is 0. The van der Waals surface area contributed by atoms with Crippen LogP contribution in [0.15, 0.2) is 48.5 Å². The summed E-state index contributed by atoms with van der Waals surface area (Å²) in [6.07, 6.45) is -2.09. The van der Waals surface area contributed by atoms with E-state index in [-0.39, 0.29) is 0 Å². The topological polar surface area (TPSA) is 33.1 Å². The standard InChI is InChI=1S/C20H20F3N3/c21-20(22,23)16-9-7-14(8-10-16)12-26-11-3-4-15(13-26)19-24-17-5-1-2-6-18(17)25-19/h1-2,5-10,15H,3-4,11-13H2,(H,24,25)/p+1/t15-/m0/s1. The van der Waals surface area contributed by atoms with Crippen molar-refractivity contribution >= 4 is 11.0 Å². The number of nitrogens with zero attached hydrogens (tertiary/aromatic N) is 1. The average molecular weight is 360 g/mol. The minimum atomic E-state index is -4.27. The molecule has 0 amide bonds. The normalized spacial score (nSPS) is 21.2. The fourth-order valence-electron chi connectivity index (χ4n) is 3.81. The minimum Gasteiger partial charge on any atom is -0.342 e. The second-order valence-corrected chi connectivity index (χ2v) is 7.05. The Kier molecular flexibility index (Phi) is 4.44. The van der Waals surface area contributed by atoms with E-state index in [1.807, 2.05) is 24.3 Å². The van der Waals surface area contributed by atoms with Crippen LogP contribution >= 0.6 is 0 Å². The third kappa shape index (κ3) is 3.60. The second-order valence-electron chi connectivity index (χ2n) is 7.05. The number of piperidine rings is 1. The first-order chi connectivity index (χ1) is 12.5. The monoisotopic (exact) mass is 360 g/mol. The van der Waals surface area contributed by atoms with E-state index in [1.165, 1.54) is 17.0 Å². The Labute approximate surface area is 149 Å². The number of aromatic nitrogens is 2. The summed E-state index contributed by atoms with van der Waals surface area (Å²) < 4.78 is 38.1. The largest absolute Gasteiger partial charge is 0.416 e. The number of hydrogen-bond acceptors (Lipinski definition) is 1. The van der Waals surface area contributed by atoms with E-state index < -0.39 is 11.7 Å². The highest BCUT2D eigenvalue weighted by atomic mass is 19.4. The predicted octanol–water partition coefficient (Wildman–Crippen LogP) is 3.54. The summed E-state index contributed by atoms with van der Waals surface area (Å²) in [4.78, 5) is 9.54. The van der Waals surface area contributed by atoms with E-state index in [0.717, 1.165) is 54.9 Å². The van der Waals surface area contributed by atoms with Crippen molar-refractivity contribution in [3.05, 3.63) is 65.5 Å². The van der Waals surface area contributed by atoms with E-state index in [2.05, 4.69) is 4.98 Å². The van der Waals surface area contributed by atoms with Crippen LogP contribution in [0.25, 0.3) is 11.0 Å². The lowest BCUT2D eigenvalue weighted by atomic mass is 9.97. The highest BCUT2D eigenvalue weighted by molar-refractivity contribution is 5.74. The van der Waals surface area contributed by atoms with Crippen LogP contribution in [-0.4, -0.2) is 23.1 Å². The van der Waals surface area contributed by atoms with Gasteiger partial charge in [-0.05, 0) is 37.1 Å². The molecule has 2 atom stereocenters. The number of fused-ring (bicyclic) bond motifs is 1. The molecule has 4 rings (SSSR count). The molecule has 2 N–H and O–H groups in total. The van der Waals surface area contributed by atoms with E-state index in [4.69, 9.17) is 4.98 Å². The van der Waals surface area contributed by atoms with Crippen LogP contribution in [-0.2, 0) is 12.7 Å². The number of likely N-dealkylation sites (tertiary alicyclic amines) is 1. The molecule has 26 heavy (non-hydrogen) atoms. The molecule has 1 fully saturated rings. The second kappa shape index (κ2) is 6.76. The predicted molar refractivity (Wildman–Crippen MR) is 93.9 cm³/mol. The molecule has 1 aliphatic heterocycles. The van der Waals surface area contributed by atoms with Gasteiger partial charge in [-0.1, -0.05) is 24.3 Å². The van der Waals surface area contributed by atoms with Crippen molar-refractivity contribution in [3.63, 3.8) is 0 Å². The molecule has 3 aromatic rings. The van der Waals surface area contributed by atoms with Crippen LogP contribution in [0.5, 0.6) is 0 Å². The lowest BCUT2D eigenvalue weighted by molar-refractivity contribution is -0.920. The summed E-state index contributed by atoms with van der Waals surface area (Å²) in [5, 5.41) is 0. The maximum absolute atomic E-state index is 12.7. The zero-order chi connectivity index (χ0) is 18.1. The molecule has 1 aliphatic rings. The van der Waals surface area contributed by atoms with Crippen LogP contribution in [0.3, 0.4) is 0 Å². The van der Waals surface area contributed by atoms with E-state index in [1.54, 1.807) is 12.1 Å². The fraction of sp³-hybridized carbons (Fsp3) is 0.350. The van der Waals surface area contributed by atoms with Crippen molar-refractivity contribution in [1.29, 1.82) is 0 Å². The molecule has 1 aromatic heterocycles. The average Bonchev–Trinajstić information content (AvgIpc) is 3.06. The van der Waals surface area contributed by atoms with E-state index in [9.17, 15) is 13.2 Å². The quantitative estimate of drug-likeness (QED) is 0.736. The molecule has 2 heterocycles. The molecule has 2 aromatic carbocycles. The van der Waals surface area contributed by atoms with Gasteiger partial charge in [0.1, 0.15) is 12.4 Å². The number of benzene rings is 2. The summed E-state index contributed by atoms with van der Waals surface area (Å²) in [5.74, 6) is 1.39. The Morgan fingerprint density at radius 1 is 1.08 bits per heavy atom. The molecular weight excluding hydrogens is 339 g/mol. The van der Waals surface area contributed by atoms with Gasteiger partial charge in [-0.25, -0.2) is 4.98 Å². The summed E-state index contributed by atoms with van der Waals surface area (Å²) in [6, 6.07) is 13.6. The van der Waals surface area contributed by atoms with Gasteiger partial charge in [0.15, 0.2) is 0 Å². The van der Waals surface area contributed by atoms with Crippen molar-refractivity contribution in [2.24, 2.45) is 0 Å². The third-order valence-electron chi connectivity index (χ3n) is 5.15. The Hall–Kier alpha value is -2.34. The Morgan fingerprint density at radius 3 is 2.58 bits per heavy atom. The van der Waals surface area contributed by atoms with E-state index >= 15 is 0 Å². The van der Waals surface area contributed by atoms with Crippen molar-refractivity contribution in [2.45, 2.75) is 31.5 Å². The minimum absolute atomic E-state index is 0.362. The molecule has 0 radical (unpaired) electrons. The Bertz CT molecular complexity index is 850. The maximum atomic E-state index is 12.7. The van der Waals surface area contributed by atoms with Crippen LogP contribution in [0.4, 0.5) is 13.2 Å². The van der Waals surface area contributed by atoms with Gasteiger partial charge in [0.05, 0.1) is 35.6 Å². The maximum Gasteiger partial charge on any atom is 0.416 e. The van der Waals surface area contributed by atoms with E-state index in [0.29, 0.717) is 5.92 Å². The summed E-state index contributed by atoms with van der Waals surface area (Å²) in [6.45, 7) is 2.73. The molecule has 136 valence electrons. The van der Waals surface area contributed by atoms with Crippen molar-refractivity contribution in [3.8, 4) is 0 Å². The van der Waals surface area contributed by atoms with Crippen LogP contribution in [0, 0.1) is 0 Å². The molecule has 6 heteroatoms. The number of imidazole rings is 1. The number of nitrogens with one attached hydrogen (secondary N) is 2. The smallest absolute Gasteiger partial charge is 0.342 e. The molecule has 0 bridgehead atoms. The number of hydrogen-bond donors (Lipinski definition) is 2. The van der Waals surface area contributed by atoms with Gasteiger partial charge < -0.3 is 9.88 Å². The zero-order valence-corrected chi connectivity index (χ0v) is 14.3. The molecular formula is C20H21F3N3+. The Morgan fingerprint density at radius 2 is 1.85 bits per heavy atom. The van der Waals surface area contributed by atoms with Gasteiger partial charge in [-0.15, -0.1) is 0 Å². The zero-order valence-electron chi connectivity index (χ0n) is 14.3. The molecule has 0 spiro atoms. The lowest BCUT2D eigenvalue weighted by Crippen LogP contribution is -3.12. The number of alkyl halides is 3. The summed E-state index contributed by atoms with van der Waals surface area (Å²) in [7, 11) is 0. The Balaban J connectivity index is 1.45. The number of halogens is 3. The highest BCUT2D eigenvalue weighted by Crippen LogP contribution is 2.29. The number of quaternary nitrogens is 1. The summed E-state index contributed by atoms with van der Waals surface area (Å²) in [5.41, 5.74) is 2.39. The number of H-pyrrole nitrogens is 1. The van der Waals surface area contributed by atoms with Gasteiger partial charge >= 0.3 is 6.18 Å². The third-order valence-corrected chi connectivity index (χ3v) is 5.15. The van der Waals surface area contributed by atoms with Crippen molar-refractivity contribution < 1.29 is 18.1 Å². The molecule has 1 saturated heterocycles.